The van der Waals surface area contributed by atoms with Crippen molar-refractivity contribution in [2.45, 2.75) is 13.8 Å². The molecule has 0 amide bonds. The fourth-order valence-electron chi connectivity index (χ4n) is 1.82. The van der Waals surface area contributed by atoms with Gasteiger partial charge >= 0.3 is 0 Å². The highest BCUT2D eigenvalue weighted by Crippen LogP contribution is 2.30. The van der Waals surface area contributed by atoms with Gasteiger partial charge in [-0.15, -0.1) is 0 Å². The standard InChI is InChI=1S/C15H17FN2O/c1-3-19-15-9-14(13(17)8-12(15)16)18-11-6-4-5-10(2)7-11/h4-9,18H,3,17H2,1-2H3. The predicted molar refractivity (Wildman–Crippen MR) is 76.4 cm³/mol. The van der Waals surface area contributed by atoms with Crippen molar-refractivity contribution in [3.63, 3.8) is 0 Å². The normalized spacial score (nSPS) is 10.3. The van der Waals surface area contributed by atoms with Crippen molar-refractivity contribution in [1.29, 1.82) is 0 Å². The average molecular weight is 260 g/mol. The second kappa shape index (κ2) is 5.61. The molecule has 0 fully saturated rings. The Morgan fingerprint density at radius 1 is 1.26 bits per heavy atom. The molecular weight excluding hydrogens is 243 g/mol. The Hall–Kier alpha value is -2.23. The Bertz CT molecular complexity index is 584. The van der Waals surface area contributed by atoms with E-state index >= 15 is 0 Å². The quantitative estimate of drug-likeness (QED) is 0.821. The molecule has 0 radical (unpaired) electrons. The second-order valence-electron chi connectivity index (χ2n) is 4.30. The van der Waals surface area contributed by atoms with Crippen LogP contribution < -0.4 is 15.8 Å². The first-order valence-electron chi connectivity index (χ1n) is 6.15. The number of ether oxygens (including phenoxy) is 1. The van der Waals surface area contributed by atoms with E-state index in [1.54, 1.807) is 6.07 Å². The van der Waals surface area contributed by atoms with Gasteiger partial charge in [-0.3, -0.25) is 0 Å². The summed E-state index contributed by atoms with van der Waals surface area (Å²) >= 11 is 0. The molecule has 0 saturated heterocycles. The molecule has 4 heteroatoms. The molecule has 0 aliphatic rings. The van der Waals surface area contributed by atoms with Crippen molar-refractivity contribution in [2.24, 2.45) is 0 Å². The average Bonchev–Trinajstić information content (AvgIpc) is 2.35. The summed E-state index contributed by atoms with van der Waals surface area (Å²) in [6.07, 6.45) is 0. The lowest BCUT2D eigenvalue weighted by molar-refractivity contribution is 0.322. The summed E-state index contributed by atoms with van der Waals surface area (Å²) in [7, 11) is 0. The maximum absolute atomic E-state index is 13.6. The summed E-state index contributed by atoms with van der Waals surface area (Å²) < 4.78 is 18.8. The highest BCUT2D eigenvalue weighted by Gasteiger charge is 2.09. The van der Waals surface area contributed by atoms with Crippen LogP contribution in [0.15, 0.2) is 36.4 Å². The van der Waals surface area contributed by atoms with Crippen molar-refractivity contribution in [3.05, 3.63) is 47.8 Å². The molecule has 2 aromatic rings. The highest BCUT2D eigenvalue weighted by molar-refractivity contribution is 5.74. The maximum atomic E-state index is 13.6. The van der Waals surface area contributed by atoms with Crippen LogP contribution in [0.2, 0.25) is 0 Å². The molecule has 0 aliphatic carbocycles. The molecule has 0 aromatic heterocycles. The van der Waals surface area contributed by atoms with Gasteiger partial charge in [-0.2, -0.15) is 0 Å². The number of hydrogen-bond donors (Lipinski definition) is 2. The summed E-state index contributed by atoms with van der Waals surface area (Å²) in [6.45, 7) is 4.22. The Morgan fingerprint density at radius 3 is 2.74 bits per heavy atom. The van der Waals surface area contributed by atoms with Crippen molar-refractivity contribution < 1.29 is 9.13 Å². The summed E-state index contributed by atoms with van der Waals surface area (Å²) in [5, 5.41) is 3.17. The fourth-order valence-corrected chi connectivity index (χ4v) is 1.82. The molecule has 0 spiro atoms. The zero-order valence-corrected chi connectivity index (χ0v) is 11.0. The van der Waals surface area contributed by atoms with Gasteiger partial charge in [0.2, 0.25) is 0 Å². The van der Waals surface area contributed by atoms with E-state index in [0.717, 1.165) is 11.3 Å². The van der Waals surface area contributed by atoms with Crippen molar-refractivity contribution >= 4 is 17.1 Å². The van der Waals surface area contributed by atoms with E-state index in [0.29, 0.717) is 18.0 Å². The van der Waals surface area contributed by atoms with E-state index in [2.05, 4.69) is 5.32 Å². The number of rotatable bonds is 4. The van der Waals surface area contributed by atoms with E-state index < -0.39 is 5.82 Å². The Morgan fingerprint density at radius 2 is 2.05 bits per heavy atom. The van der Waals surface area contributed by atoms with Gasteiger partial charge < -0.3 is 15.8 Å². The van der Waals surface area contributed by atoms with E-state index in [1.165, 1.54) is 6.07 Å². The smallest absolute Gasteiger partial charge is 0.167 e. The van der Waals surface area contributed by atoms with E-state index in [9.17, 15) is 4.39 Å². The van der Waals surface area contributed by atoms with Crippen LogP contribution in [0.4, 0.5) is 21.5 Å². The number of nitrogens with one attached hydrogen (secondary N) is 1. The van der Waals surface area contributed by atoms with Crippen LogP contribution >= 0.6 is 0 Å². The molecule has 2 aromatic carbocycles. The van der Waals surface area contributed by atoms with Gasteiger partial charge in [0.1, 0.15) is 0 Å². The van der Waals surface area contributed by atoms with E-state index in [-0.39, 0.29) is 5.75 Å². The van der Waals surface area contributed by atoms with Gasteiger partial charge in [-0.25, -0.2) is 4.39 Å². The summed E-state index contributed by atoms with van der Waals surface area (Å²) in [5.74, 6) is -0.249. The number of benzene rings is 2. The lowest BCUT2D eigenvalue weighted by Gasteiger charge is -2.13. The third-order valence-electron chi connectivity index (χ3n) is 2.70. The third-order valence-corrected chi connectivity index (χ3v) is 2.70. The van der Waals surface area contributed by atoms with Crippen molar-refractivity contribution in [2.75, 3.05) is 17.7 Å². The van der Waals surface area contributed by atoms with Gasteiger partial charge in [0.15, 0.2) is 11.6 Å². The van der Waals surface area contributed by atoms with Gasteiger partial charge in [0.05, 0.1) is 18.0 Å². The number of nitrogen functional groups attached to an aromatic ring is 1. The SMILES string of the molecule is CCOc1cc(Nc2cccc(C)c2)c(N)cc1F. The van der Waals surface area contributed by atoms with Crippen molar-refractivity contribution in [3.8, 4) is 5.75 Å². The number of hydrogen-bond acceptors (Lipinski definition) is 3. The van der Waals surface area contributed by atoms with Crippen molar-refractivity contribution in [1.82, 2.24) is 0 Å². The van der Waals surface area contributed by atoms with Crippen LogP contribution in [0.5, 0.6) is 5.75 Å². The number of halogens is 1. The summed E-state index contributed by atoms with van der Waals surface area (Å²) in [4.78, 5) is 0. The minimum atomic E-state index is -0.450. The number of nitrogens with two attached hydrogens (primary N) is 1. The second-order valence-corrected chi connectivity index (χ2v) is 4.30. The molecule has 0 aliphatic heterocycles. The van der Waals surface area contributed by atoms with E-state index in [4.69, 9.17) is 10.5 Å². The molecule has 0 heterocycles. The molecule has 0 atom stereocenters. The Kier molecular flexibility index (Phi) is 3.90. The first kappa shape index (κ1) is 13.2. The fraction of sp³-hybridized carbons (Fsp3) is 0.200. The molecule has 19 heavy (non-hydrogen) atoms. The van der Waals surface area contributed by atoms with Gasteiger partial charge in [0.25, 0.3) is 0 Å². The minimum absolute atomic E-state index is 0.201. The highest BCUT2D eigenvalue weighted by atomic mass is 19.1. The zero-order valence-electron chi connectivity index (χ0n) is 11.0. The van der Waals surface area contributed by atoms with Gasteiger partial charge in [-0.05, 0) is 31.5 Å². The van der Waals surface area contributed by atoms with Crippen LogP contribution in [0.25, 0.3) is 0 Å². The molecule has 100 valence electrons. The lowest BCUT2D eigenvalue weighted by atomic mass is 10.2. The molecule has 0 bridgehead atoms. The molecule has 3 N–H and O–H groups in total. The maximum Gasteiger partial charge on any atom is 0.167 e. The Labute approximate surface area is 112 Å². The molecule has 2 rings (SSSR count). The zero-order chi connectivity index (χ0) is 13.8. The van der Waals surface area contributed by atoms with Crippen LogP contribution in [-0.4, -0.2) is 6.61 Å². The van der Waals surface area contributed by atoms with E-state index in [1.807, 2.05) is 38.1 Å². The monoisotopic (exact) mass is 260 g/mol. The first-order valence-corrected chi connectivity index (χ1v) is 6.15. The predicted octanol–water partition coefficient (Wildman–Crippen LogP) is 3.86. The third kappa shape index (κ3) is 3.16. The first-order chi connectivity index (χ1) is 9.10. The number of aryl methyl sites for hydroxylation is 1. The van der Waals surface area contributed by atoms with Crippen LogP contribution in [0.1, 0.15) is 12.5 Å². The summed E-state index contributed by atoms with van der Waals surface area (Å²) in [5.41, 5.74) is 8.84. The molecule has 3 nitrogen and oxygen atoms in total. The lowest BCUT2D eigenvalue weighted by Crippen LogP contribution is -2.01. The molecule has 0 unspecified atom stereocenters. The van der Waals surface area contributed by atoms with Crippen LogP contribution in [0, 0.1) is 12.7 Å². The van der Waals surface area contributed by atoms with Gasteiger partial charge in [0, 0.05) is 17.8 Å². The Balaban J connectivity index is 2.31. The molecule has 0 saturated carbocycles. The molecular formula is C15H17FN2O. The van der Waals surface area contributed by atoms with Gasteiger partial charge in [-0.1, -0.05) is 12.1 Å². The van der Waals surface area contributed by atoms with Crippen LogP contribution in [-0.2, 0) is 0 Å². The van der Waals surface area contributed by atoms with Crippen LogP contribution in [0.3, 0.4) is 0 Å². The largest absolute Gasteiger partial charge is 0.491 e. The summed E-state index contributed by atoms with van der Waals surface area (Å²) in [6, 6.07) is 10.7. The number of anilines is 3. The minimum Gasteiger partial charge on any atom is -0.491 e. The topological polar surface area (TPSA) is 47.3 Å².